The van der Waals surface area contributed by atoms with Crippen LogP contribution in [-0.4, -0.2) is 28.5 Å². The third kappa shape index (κ3) is 4.62. The van der Waals surface area contributed by atoms with Gasteiger partial charge >= 0.3 is 0 Å². The second-order valence-corrected chi connectivity index (χ2v) is 7.05. The van der Waals surface area contributed by atoms with Gasteiger partial charge in [0.15, 0.2) is 0 Å². The van der Waals surface area contributed by atoms with Gasteiger partial charge in [-0.05, 0) is 55.8 Å². The lowest BCUT2D eigenvalue weighted by atomic mass is 10.1. The van der Waals surface area contributed by atoms with Gasteiger partial charge in [0.05, 0.1) is 30.2 Å². The number of rotatable bonds is 7. The molecule has 1 aliphatic heterocycles. The summed E-state index contributed by atoms with van der Waals surface area (Å²) in [5.41, 5.74) is 2.24. The van der Waals surface area contributed by atoms with Crippen LogP contribution >= 0.6 is 0 Å². The van der Waals surface area contributed by atoms with Crippen LogP contribution in [0, 0.1) is 11.3 Å². The fourth-order valence-electron chi connectivity index (χ4n) is 3.67. The third-order valence-corrected chi connectivity index (χ3v) is 4.99. The summed E-state index contributed by atoms with van der Waals surface area (Å²) in [5.74, 6) is 2.56. The van der Waals surface area contributed by atoms with E-state index in [4.69, 9.17) is 19.4 Å². The summed E-state index contributed by atoms with van der Waals surface area (Å²) in [4.78, 5) is 11.3. The van der Waals surface area contributed by atoms with Crippen LogP contribution < -0.4 is 5.32 Å². The van der Waals surface area contributed by atoms with E-state index in [1.807, 2.05) is 36.4 Å². The molecule has 1 atom stereocenters. The number of likely N-dealkylation sites (tertiary alicyclic amines) is 1. The molecule has 3 aromatic rings. The molecule has 148 valence electrons. The van der Waals surface area contributed by atoms with Crippen LogP contribution in [0.25, 0.3) is 0 Å². The highest BCUT2D eigenvalue weighted by Gasteiger charge is 2.28. The Balaban J connectivity index is 1.46. The minimum absolute atomic E-state index is 0.256. The fraction of sp³-hybridized carbons (Fsp3) is 0.318. The van der Waals surface area contributed by atoms with E-state index in [2.05, 4.69) is 21.3 Å². The lowest BCUT2D eigenvalue weighted by Gasteiger charge is -2.23. The molecule has 7 heteroatoms. The molecule has 0 aliphatic carbocycles. The summed E-state index contributed by atoms with van der Waals surface area (Å²) in [6.45, 7) is 2.26. The van der Waals surface area contributed by atoms with Crippen molar-refractivity contribution in [1.82, 2.24) is 14.9 Å². The van der Waals surface area contributed by atoms with Gasteiger partial charge in [0.2, 0.25) is 0 Å². The van der Waals surface area contributed by atoms with E-state index >= 15 is 0 Å². The van der Waals surface area contributed by atoms with E-state index in [-0.39, 0.29) is 6.04 Å². The standard InChI is InChI=1S/C22H23N5O2/c1-28-15-19-10-9-18(29-19)14-27-11-3-5-21(27)20-4-2-6-22(26-20)25-17-8-7-16(12-23)24-13-17/h2,4,6-10,13,21H,3,5,11,14-15H2,1H3,(H,25,26). The molecule has 4 rings (SSSR count). The van der Waals surface area contributed by atoms with Crippen LogP contribution in [0.5, 0.6) is 0 Å². The average Bonchev–Trinajstić information content (AvgIpc) is 3.39. The molecule has 0 amide bonds. The lowest BCUT2D eigenvalue weighted by Crippen LogP contribution is -2.23. The zero-order valence-electron chi connectivity index (χ0n) is 16.3. The maximum Gasteiger partial charge on any atom is 0.140 e. The van der Waals surface area contributed by atoms with Gasteiger partial charge < -0.3 is 14.5 Å². The number of hydrogen-bond acceptors (Lipinski definition) is 7. The zero-order chi connectivity index (χ0) is 20.1. The molecule has 29 heavy (non-hydrogen) atoms. The number of nitriles is 1. The minimum atomic E-state index is 0.256. The van der Waals surface area contributed by atoms with Crippen LogP contribution in [0.2, 0.25) is 0 Å². The van der Waals surface area contributed by atoms with E-state index in [1.165, 1.54) is 0 Å². The van der Waals surface area contributed by atoms with Crippen molar-refractivity contribution >= 4 is 11.5 Å². The average molecular weight is 389 g/mol. The maximum atomic E-state index is 8.87. The molecule has 3 aromatic heterocycles. The van der Waals surface area contributed by atoms with Gasteiger partial charge in [-0.2, -0.15) is 5.26 Å². The second-order valence-electron chi connectivity index (χ2n) is 7.05. The second kappa shape index (κ2) is 8.86. The summed E-state index contributed by atoms with van der Waals surface area (Å²) in [6, 6.07) is 15.8. The minimum Gasteiger partial charge on any atom is -0.462 e. The lowest BCUT2D eigenvalue weighted by molar-refractivity contribution is 0.158. The Morgan fingerprint density at radius 2 is 2.14 bits per heavy atom. The number of nitrogens with one attached hydrogen (secondary N) is 1. The van der Waals surface area contributed by atoms with Crippen molar-refractivity contribution in [1.29, 1.82) is 5.26 Å². The molecule has 1 fully saturated rings. The molecule has 1 aliphatic rings. The van der Waals surface area contributed by atoms with Gasteiger partial charge in [-0.15, -0.1) is 0 Å². The van der Waals surface area contributed by atoms with Crippen molar-refractivity contribution in [3.05, 3.63) is 71.6 Å². The molecule has 0 spiro atoms. The number of aromatic nitrogens is 2. The zero-order valence-corrected chi connectivity index (χ0v) is 16.3. The first-order valence-electron chi connectivity index (χ1n) is 9.66. The number of ether oxygens (including phenoxy) is 1. The van der Waals surface area contributed by atoms with E-state index in [0.717, 1.165) is 54.7 Å². The van der Waals surface area contributed by atoms with E-state index < -0.39 is 0 Å². The largest absolute Gasteiger partial charge is 0.462 e. The monoisotopic (exact) mass is 389 g/mol. The van der Waals surface area contributed by atoms with Gasteiger partial charge in [-0.3, -0.25) is 4.90 Å². The van der Waals surface area contributed by atoms with Crippen LogP contribution in [0.15, 0.2) is 53.1 Å². The van der Waals surface area contributed by atoms with E-state index in [1.54, 1.807) is 19.4 Å². The maximum absolute atomic E-state index is 8.87. The molecule has 1 unspecified atom stereocenters. The number of hydrogen-bond donors (Lipinski definition) is 1. The van der Waals surface area contributed by atoms with Gasteiger partial charge in [0.25, 0.3) is 0 Å². The molecule has 1 saturated heterocycles. The molecule has 1 N–H and O–H groups in total. The summed E-state index contributed by atoms with van der Waals surface area (Å²) in [7, 11) is 1.67. The van der Waals surface area contributed by atoms with Crippen LogP contribution in [-0.2, 0) is 17.9 Å². The Labute approximate surface area is 170 Å². The molecule has 0 radical (unpaired) electrons. The summed E-state index contributed by atoms with van der Waals surface area (Å²) in [6.07, 6.45) is 3.85. The molecule has 4 heterocycles. The van der Waals surface area contributed by atoms with Gasteiger partial charge in [-0.25, -0.2) is 9.97 Å². The fourth-order valence-corrected chi connectivity index (χ4v) is 3.67. The first-order chi connectivity index (χ1) is 14.2. The van der Waals surface area contributed by atoms with Gasteiger partial charge in [0, 0.05) is 7.11 Å². The third-order valence-electron chi connectivity index (χ3n) is 4.99. The van der Waals surface area contributed by atoms with E-state index in [9.17, 15) is 0 Å². The van der Waals surface area contributed by atoms with Gasteiger partial charge in [0.1, 0.15) is 35.7 Å². The normalized spacial score (nSPS) is 16.6. The number of furan rings is 1. The van der Waals surface area contributed by atoms with Crippen molar-refractivity contribution in [3.8, 4) is 6.07 Å². The number of pyridine rings is 2. The van der Waals surface area contributed by atoms with Crippen molar-refractivity contribution in [2.75, 3.05) is 19.0 Å². The Hall–Kier alpha value is -3.21. The van der Waals surface area contributed by atoms with Crippen LogP contribution in [0.4, 0.5) is 11.5 Å². The number of nitrogens with zero attached hydrogens (tertiary/aromatic N) is 4. The molecule has 0 aromatic carbocycles. The Morgan fingerprint density at radius 1 is 1.24 bits per heavy atom. The van der Waals surface area contributed by atoms with Crippen molar-refractivity contribution in [2.45, 2.75) is 32.0 Å². The highest BCUT2D eigenvalue weighted by atomic mass is 16.5. The molecular formula is C22H23N5O2. The quantitative estimate of drug-likeness (QED) is 0.649. The van der Waals surface area contributed by atoms with Gasteiger partial charge in [-0.1, -0.05) is 6.07 Å². The highest BCUT2D eigenvalue weighted by molar-refractivity contribution is 5.55. The number of methoxy groups -OCH3 is 1. The molecular weight excluding hydrogens is 366 g/mol. The first kappa shape index (κ1) is 19.1. The topological polar surface area (TPSA) is 87.2 Å². The summed E-state index contributed by atoms with van der Waals surface area (Å²) < 4.78 is 11.0. The predicted octanol–water partition coefficient (Wildman–Crippen LogP) is 4.17. The predicted molar refractivity (Wildman–Crippen MR) is 108 cm³/mol. The molecule has 0 bridgehead atoms. The number of anilines is 2. The van der Waals surface area contributed by atoms with E-state index in [0.29, 0.717) is 12.3 Å². The summed E-state index contributed by atoms with van der Waals surface area (Å²) >= 11 is 0. The van der Waals surface area contributed by atoms with Crippen LogP contribution in [0.1, 0.15) is 41.8 Å². The first-order valence-corrected chi connectivity index (χ1v) is 9.66. The Kier molecular flexibility index (Phi) is 5.84. The highest BCUT2D eigenvalue weighted by Crippen LogP contribution is 2.33. The SMILES string of the molecule is COCc1ccc(CN2CCCC2c2cccc(Nc3ccc(C#N)nc3)n2)o1. The Bertz CT molecular complexity index is 993. The molecule has 7 nitrogen and oxygen atoms in total. The smallest absolute Gasteiger partial charge is 0.140 e. The molecule has 0 saturated carbocycles. The van der Waals surface area contributed by atoms with Crippen molar-refractivity contribution in [3.63, 3.8) is 0 Å². The van der Waals surface area contributed by atoms with Crippen molar-refractivity contribution in [2.24, 2.45) is 0 Å². The summed E-state index contributed by atoms with van der Waals surface area (Å²) in [5, 5.41) is 12.1. The van der Waals surface area contributed by atoms with Crippen molar-refractivity contribution < 1.29 is 9.15 Å². The Morgan fingerprint density at radius 3 is 2.93 bits per heavy atom. The van der Waals surface area contributed by atoms with Crippen LogP contribution in [0.3, 0.4) is 0 Å².